The largest absolute Gasteiger partial charge is 0.481 e. The van der Waals surface area contributed by atoms with Crippen LogP contribution in [0.4, 0.5) is 0 Å². The van der Waals surface area contributed by atoms with Crippen LogP contribution in [0, 0.1) is 0 Å². The maximum absolute atomic E-state index is 12.3. The zero-order chi connectivity index (χ0) is 14.5. The second-order valence-corrected chi connectivity index (χ2v) is 7.50. The van der Waals surface area contributed by atoms with Gasteiger partial charge in [-0.1, -0.05) is 0 Å². The van der Waals surface area contributed by atoms with Crippen LogP contribution in [0.2, 0.25) is 0 Å². The Labute approximate surface area is 117 Å². The van der Waals surface area contributed by atoms with Gasteiger partial charge in [-0.15, -0.1) is 0 Å². The second-order valence-electron chi connectivity index (χ2n) is 5.29. The highest BCUT2D eigenvalue weighted by Gasteiger charge is 2.45. The molecule has 1 fully saturated rings. The molecule has 2 heterocycles. The van der Waals surface area contributed by atoms with E-state index in [2.05, 4.69) is 4.98 Å². The molecule has 1 aromatic rings. The fraction of sp³-hybridized carbons (Fsp3) is 0.667. The van der Waals surface area contributed by atoms with Gasteiger partial charge in [-0.05, 0) is 19.8 Å². The lowest BCUT2D eigenvalue weighted by Gasteiger charge is -2.30. The van der Waals surface area contributed by atoms with Gasteiger partial charge in [-0.2, -0.15) is 4.31 Å². The summed E-state index contributed by atoms with van der Waals surface area (Å²) in [5, 5.41) is 9.07. The molecule has 1 N–H and O–H groups in total. The molecule has 1 aliphatic carbocycles. The Hall–Kier alpha value is -1.41. The summed E-state index contributed by atoms with van der Waals surface area (Å²) in [6.45, 7) is 2.73. The molecule has 0 aromatic carbocycles. The van der Waals surface area contributed by atoms with Crippen molar-refractivity contribution in [2.75, 3.05) is 6.54 Å². The first-order valence-corrected chi connectivity index (χ1v) is 8.21. The highest BCUT2D eigenvalue weighted by molar-refractivity contribution is 7.90. The maximum Gasteiger partial charge on any atom is 0.313 e. The molecule has 1 saturated carbocycles. The first-order chi connectivity index (χ1) is 9.45. The van der Waals surface area contributed by atoms with E-state index in [4.69, 9.17) is 0 Å². The minimum atomic E-state index is -3.37. The molecule has 20 heavy (non-hydrogen) atoms. The normalized spacial score (nSPS) is 23.6. The maximum atomic E-state index is 12.3. The van der Waals surface area contributed by atoms with Crippen LogP contribution in [0.3, 0.4) is 0 Å². The van der Waals surface area contributed by atoms with Gasteiger partial charge in [0.15, 0.2) is 0 Å². The van der Waals surface area contributed by atoms with Crippen molar-refractivity contribution in [3.63, 3.8) is 0 Å². The Morgan fingerprint density at radius 1 is 1.50 bits per heavy atom. The van der Waals surface area contributed by atoms with Crippen molar-refractivity contribution in [2.24, 2.45) is 0 Å². The number of aliphatic carboxylic acids is 1. The number of imidazole rings is 1. The summed E-state index contributed by atoms with van der Waals surface area (Å²) in [7, 11) is -3.37. The van der Waals surface area contributed by atoms with Gasteiger partial charge in [-0.3, -0.25) is 4.79 Å². The molecule has 110 valence electrons. The number of hydrogen-bond donors (Lipinski definition) is 1. The lowest BCUT2D eigenvalue weighted by Crippen LogP contribution is -2.42. The molecule has 0 saturated heterocycles. The monoisotopic (exact) mass is 299 g/mol. The van der Waals surface area contributed by atoms with Gasteiger partial charge in [0.2, 0.25) is 10.0 Å². The van der Waals surface area contributed by atoms with Gasteiger partial charge in [0.1, 0.15) is 5.92 Å². The third kappa shape index (κ3) is 2.03. The molecule has 0 spiro atoms. The van der Waals surface area contributed by atoms with Crippen molar-refractivity contribution in [1.29, 1.82) is 0 Å². The lowest BCUT2D eigenvalue weighted by atomic mass is 10.00. The highest BCUT2D eigenvalue weighted by atomic mass is 32.2. The van der Waals surface area contributed by atoms with Gasteiger partial charge in [0, 0.05) is 13.1 Å². The Kier molecular flexibility index (Phi) is 3.09. The number of fused-ring (bicyclic) bond motifs is 1. The molecule has 7 nitrogen and oxygen atoms in total. The zero-order valence-corrected chi connectivity index (χ0v) is 12.0. The van der Waals surface area contributed by atoms with Crippen molar-refractivity contribution in [2.45, 2.75) is 44.0 Å². The topological polar surface area (TPSA) is 92.5 Å². The summed E-state index contributed by atoms with van der Waals surface area (Å²) in [4.78, 5) is 15.7. The van der Waals surface area contributed by atoms with Crippen LogP contribution in [-0.2, 0) is 27.9 Å². The van der Waals surface area contributed by atoms with Crippen LogP contribution in [0.5, 0.6) is 0 Å². The van der Waals surface area contributed by atoms with Crippen molar-refractivity contribution >= 4 is 16.0 Å². The van der Waals surface area contributed by atoms with Gasteiger partial charge >= 0.3 is 5.97 Å². The number of sulfonamides is 1. The van der Waals surface area contributed by atoms with Crippen LogP contribution in [0.15, 0.2) is 6.33 Å². The predicted molar refractivity (Wildman–Crippen MR) is 70.6 cm³/mol. The van der Waals surface area contributed by atoms with Gasteiger partial charge < -0.3 is 9.67 Å². The zero-order valence-electron chi connectivity index (χ0n) is 11.2. The van der Waals surface area contributed by atoms with Crippen molar-refractivity contribution in [1.82, 2.24) is 13.9 Å². The average Bonchev–Trinajstić information content (AvgIpc) is 3.18. The van der Waals surface area contributed by atoms with E-state index in [1.165, 1.54) is 4.31 Å². The predicted octanol–water partition coefficient (Wildman–Crippen LogP) is 0.379. The van der Waals surface area contributed by atoms with Gasteiger partial charge in [0.25, 0.3) is 0 Å². The molecule has 1 aromatic heterocycles. The molecule has 2 aliphatic rings. The van der Waals surface area contributed by atoms with Crippen molar-refractivity contribution < 1.29 is 18.3 Å². The van der Waals surface area contributed by atoms with E-state index < -0.39 is 21.9 Å². The molecule has 1 unspecified atom stereocenters. The summed E-state index contributed by atoms with van der Waals surface area (Å²) < 4.78 is 27.7. The summed E-state index contributed by atoms with van der Waals surface area (Å²) in [6, 6.07) is 0. The Morgan fingerprint density at radius 3 is 2.75 bits per heavy atom. The second kappa shape index (κ2) is 4.56. The number of nitrogens with zero attached hydrogens (tertiary/aromatic N) is 3. The summed E-state index contributed by atoms with van der Waals surface area (Å²) in [5.74, 6) is -1.84. The highest BCUT2D eigenvalue weighted by Crippen LogP contribution is 2.36. The molecule has 1 atom stereocenters. The smallest absolute Gasteiger partial charge is 0.313 e. The molecule has 8 heteroatoms. The summed E-state index contributed by atoms with van der Waals surface area (Å²) >= 11 is 0. The minimum Gasteiger partial charge on any atom is -0.481 e. The fourth-order valence-corrected chi connectivity index (χ4v) is 4.51. The van der Waals surface area contributed by atoms with Gasteiger partial charge in [0.05, 0.1) is 29.5 Å². The van der Waals surface area contributed by atoms with Crippen LogP contribution in [-0.4, -0.2) is 45.1 Å². The van der Waals surface area contributed by atoms with Crippen LogP contribution >= 0.6 is 0 Å². The molecule has 1 aliphatic heterocycles. The van der Waals surface area contributed by atoms with Crippen LogP contribution < -0.4 is 0 Å². The minimum absolute atomic E-state index is 0.00681. The number of carboxylic acids is 1. The quantitative estimate of drug-likeness (QED) is 0.867. The third-order valence-electron chi connectivity index (χ3n) is 3.94. The molecule has 0 radical (unpaired) electrons. The van der Waals surface area contributed by atoms with E-state index in [-0.39, 0.29) is 18.3 Å². The first kappa shape index (κ1) is 13.6. The standard InChI is InChI=1S/C12H17N3O4S/c1-2-14-7-13-10-6-15(20(18,19)8-3-4-8)5-9(11(10)14)12(16)17/h7-9H,2-6H2,1H3,(H,16,17). The number of aromatic nitrogens is 2. The third-order valence-corrected chi connectivity index (χ3v) is 6.26. The van der Waals surface area contributed by atoms with E-state index in [1.54, 1.807) is 10.9 Å². The Morgan fingerprint density at radius 2 is 2.20 bits per heavy atom. The lowest BCUT2D eigenvalue weighted by molar-refractivity contribution is -0.139. The van der Waals surface area contributed by atoms with E-state index in [0.29, 0.717) is 30.8 Å². The van der Waals surface area contributed by atoms with Gasteiger partial charge in [-0.25, -0.2) is 13.4 Å². The fourth-order valence-electron chi connectivity index (χ4n) is 2.70. The number of carbonyl (C=O) groups is 1. The Balaban J connectivity index is 2.00. The summed E-state index contributed by atoms with van der Waals surface area (Å²) in [5.41, 5.74) is 1.21. The van der Waals surface area contributed by atoms with Crippen LogP contribution in [0.25, 0.3) is 0 Å². The van der Waals surface area contributed by atoms with E-state index in [1.807, 2.05) is 6.92 Å². The number of carboxylic acid groups (broad SMARTS) is 1. The number of rotatable bonds is 4. The van der Waals surface area contributed by atoms with Crippen molar-refractivity contribution in [3.05, 3.63) is 17.7 Å². The first-order valence-electron chi connectivity index (χ1n) is 6.70. The van der Waals surface area contributed by atoms with Crippen LogP contribution in [0.1, 0.15) is 37.1 Å². The van der Waals surface area contributed by atoms with E-state index in [9.17, 15) is 18.3 Å². The molecular formula is C12H17N3O4S. The van der Waals surface area contributed by atoms with E-state index >= 15 is 0 Å². The molecular weight excluding hydrogens is 282 g/mol. The average molecular weight is 299 g/mol. The Bertz CT molecular complexity index is 648. The van der Waals surface area contributed by atoms with E-state index in [0.717, 1.165) is 0 Å². The molecule has 0 amide bonds. The molecule has 0 bridgehead atoms. The number of hydrogen-bond acceptors (Lipinski definition) is 4. The summed E-state index contributed by atoms with van der Waals surface area (Å²) in [6.07, 6.45) is 2.94. The SMILES string of the molecule is CCn1cnc2c1C(C(=O)O)CN(S(=O)(=O)C1CC1)C2. The van der Waals surface area contributed by atoms with Crippen molar-refractivity contribution in [3.8, 4) is 0 Å². The molecule has 3 rings (SSSR count). The number of aryl methyl sites for hydroxylation is 1.